The van der Waals surface area contributed by atoms with Crippen molar-refractivity contribution in [3.05, 3.63) is 34.9 Å². The first kappa shape index (κ1) is 20.6. The van der Waals surface area contributed by atoms with Gasteiger partial charge in [-0.3, -0.25) is 4.79 Å². The lowest BCUT2D eigenvalue weighted by atomic mass is 9.66. The van der Waals surface area contributed by atoms with Gasteiger partial charge < -0.3 is 14.7 Å². The number of carbonyl (C=O) groups is 1. The predicted octanol–water partition coefficient (Wildman–Crippen LogP) is 5.02. The fourth-order valence-corrected chi connectivity index (χ4v) is 4.96. The third-order valence-electron chi connectivity index (χ3n) is 6.48. The Morgan fingerprint density at radius 2 is 2.04 bits per heavy atom. The number of carboxylic acid groups (broad SMARTS) is 1. The molecule has 4 nitrogen and oxygen atoms in total. The summed E-state index contributed by atoms with van der Waals surface area (Å²) in [6.45, 7) is 8.36. The maximum Gasteiger partial charge on any atom is 0.303 e. The van der Waals surface area contributed by atoms with Crippen LogP contribution >= 0.6 is 11.6 Å². The van der Waals surface area contributed by atoms with Gasteiger partial charge in [0.25, 0.3) is 0 Å². The van der Waals surface area contributed by atoms with Crippen LogP contribution in [0.2, 0.25) is 5.02 Å². The van der Waals surface area contributed by atoms with Crippen LogP contribution in [0, 0.1) is 17.3 Å². The molecule has 2 atom stereocenters. The summed E-state index contributed by atoms with van der Waals surface area (Å²) in [5.41, 5.74) is 1.38. The topological polar surface area (TPSA) is 49.8 Å². The summed E-state index contributed by atoms with van der Waals surface area (Å²) in [5.74, 6) is 0.309. The fraction of sp³-hybridized carbons (Fsp3) is 0.682. The molecule has 0 aliphatic carbocycles. The zero-order valence-electron chi connectivity index (χ0n) is 16.5. The van der Waals surface area contributed by atoms with Crippen molar-refractivity contribution in [2.24, 2.45) is 17.3 Å². The number of hydrogen-bond donors (Lipinski definition) is 1. The molecule has 2 aliphatic rings. The van der Waals surface area contributed by atoms with E-state index in [1.807, 2.05) is 18.2 Å². The Hall–Kier alpha value is -1.10. The first-order chi connectivity index (χ1) is 12.9. The molecule has 3 rings (SSSR count). The third kappa shape index (κ3) is 5.04. The number of carboxylic acids is 1. The molecule has 1 spiro atoms. The lowest BCUT2D eigenvalue weighted by molar-refractivity contribution is -0.137. The molecule has 0 unspecified atom stereocenters. The molecule has 27 heavy (non-hydrogen) atoms. The van der Waals surface area contributed by atoms with Crippen LogP contribution in [0.5, 0.6) is 0 Å². The number of halogens is 1. The number of piperidine rings is 1. The summed E-state index contributed by atoms with van der Waals surface area (Å²) in [6, 6.07) is 8.08. The van der Waals surface area contributed by atoms with Crippen molar-refractivity contribution in [2.45, 2.75) is 52.1 Å². The Morgan fingerprint density at radius 3 is 2.67 bits per heavy atom. The van der Waals surface area contributed by atoms with E-state index in [0.29, 0.717) is 11.8 Å². The average Bonchev–Trinajstić information content (AvgIpc) is 2.64. The standard InChI is InChI=1S/C22H32ClNO3/c1-16(2)18-14-22(9-12-24(13-10-22)11-5-8-20(25)26)15-27-21(18)17-6-3-4-7-19(17)23/h3-4,6-7,16,18,21H,5,8-15H2,1-2H3,(H,25,26)/t18-,21-/m1/s1. The van der Waals surface area contributed by atoms with Crippen molar-refractivity contribution in [2.75, 3.05) is 26.2 Å². The van der Waals surface area contributed by atoms with Gasteiger partial charge in [-0.05, 0) is 74.2 Å². The SMILES string of the molecule is CC(C)[C@H]1CC2(CCN(CCCC(=O)O)CC2)CO[C@@H]1c1ccccc1Cl. The zero-order valence-corrected chi connectivity index (χ0v) is 17.3. The summed E-state index contributed by atoms with van der Waals surface area (Å²) >= 11 is 6.47. The summed E-state index contributed by atoms with van der Waals surface area (Å²) in [4.78, 5) is 13.1. The van der Waals surface area contributed by atoms with Gasteiger partial charge in [0.1, 0.15) is 0 Å². The molecule has 0 radical (unpaired) electrons. The fourth-order valence-electron chi connectivity index (χ4n) is 4.72. The number of aliphatic carboxylic acids is 1. The molecule has 2 aliphatic heterocycles. The van der Waals surface area contributed by atoms with E-state index in [9.17, 15) is 4.79 Å². The van der Waals surface area contributed by atoms with E-state index in [2.05, 4.69) is 24.8 Å². The van der Waals surface area contributed by atoms with E-state index in [1.54, 1.807) is 0 Å². The normalized spacial score (nSPS) is 25.8. The summed E-state index contributed by atoms with van der Waals surface area (Å²) in [5, 5.41) is 9.62. The molecule has 0 bridgehead atoms. The van der Waals surface area contributed by atoms with Crippen molar-refractivity contribution >= 4 is 17.6 Å². The summed E-state index contributed by atoms with van der Waals surface area (Å²) < 4.78 is 6.48. The van der Waals surface area contributed by atoms with E-state index in [-0.39, 0.29) is 17.9 Å². The molecule has 0 aromatic heterocycles. The molecule has 0 saturated carbocycles. The molecule has 1 aromatic carbocycles. The first-order valence-corrected chi connectivity index (χ1v) is 10.6. The van der Waals surface area contributed by atoms with E-state index in [0.717, 1.165) is 56.1 Å². The second-order valence-electron chi connectivity index (χ2n) is 8.70. The summed E-state index contributed by atoms with van der Waals surface area (Å²) in [6.07, 6.45) is 4.54. The minimum Gasteiger partial charge on any atom is -0.481 e. The van der Waals surface area contributed by atoms with Crippen LogP contribution in [0.4, 0.5) is 0 Å². The molecule has 2 heterocycles. The number of rotatable bonds is 6. The molecular weight excluding hydrogens is 362 g/mol. The van der Waals surface area contributed by atoms with Gasteiger partial charge in [-0.2, -0.15) is 0 Å². The molecule has 1 aromatic rings. The number of hydrogen-bond acceptors (Lipinski definition) is 3. The second-order valence-corrected chi connectivity index (χ2v) is 9.11. The Morgan fingerprint density at radius 1 is 1.33 bits per heavy atom. The minimum absolute atomic E-state index is 0.0814. The van der Waals surface area contributed by atoms with E-state index in [4.69, 9.17) is 21.4 Å². The van der Waals surface area contributed by atoms with Gasteiger partial charge in [0.2, 0.25) is 0 Å². The molecule has 0 amide bonds. The Bertz CT molecular complexity index is 640. The Labute approximate surface area is 167 Å². The van der Waals surface area contributed by atoms with Crippen molar-refractivity contribution < 1.29 is 14.6 Å². The van der Waals surface area contributed by atoms with E-state index >= 15 is 0 Å². The van der Waals surface area contributed by atoms with Gasteiger partial charge in [0, 0.05) is 11.4 Å². The number of likely N-dealkylation sites (tertiary alicyclic amines) is 1. The van der Waals surface area contributed by atoms with Gasteiger partial charge >= 0.3 is 5.97 Å². The molecule has 150 valence electrons. The lowest BCUT2D eigenvalue weighted by Crippen LogP contribution is -2.48. The van der Waals surface area contributed by atoms with Crippen LogP contribution in [-0.4, -0.2) is 42.2 Å². The summed E-state index contributed by atoms with van der Waals surface area (Å²) in [7, 11) is 0. The van der Waals surface area contributed by atoms with Crippen LogP contribution in [-0.2, 0) is 9.53 Å². The third-order valence-corrected chi connectivity index (χ3v) is 6.82. The van der Waals surface area contributed by atoms with Crippen molar-refractivity contribution in [1.82, 2.24) is 4.90 Å². The maximum absolute atomic E-state index is 10.7. The molecule has 2 fully saturated rings. The maximum atomic E-state index is 10.7. The monoisotopic (exact) mass is 393 g/mol. The van der Waals surface area contributed by atoms with Gasteiger partial charge in [-0.1, -0.05) is 43.6 Å². The average molecular weight is 394 g/mol. The molecular formula is C22H32ClNO3. The lowest BCUT2D eigenvalue weighted by Gasteiger charge is -2.50. The van der Waals surface area contributed by atoms with Gasteiger partial charge in [-0.25, -0.2) is 0 Å². The highest BCUT2D eigenvalue weighted by atomic mass is 35.5. The molecule has 1 N–H and O–H groups in total. The Balaban J connectivity index is 1.62. The highest BCUT2D eigenvalue weighted by Crippen LogP contribution is 2.50. The smallest absolute Gasteiger partial charge is 0.303 e. The van der Waals surface area contributed by atoms with Crippen LogP contribution in [0.3, 0.4) is 0 Å². The highest BCUT2D eigenvalue weighted by Gasteiger charge is 2.45. The van der Waals surface area contributed by atoms with Crippen molar-refractivity contribution in [3.8, 4) is 0 Å². The van der Waals surface area contributed by atoms with Crippen LogP contribution in [0.1, 0.15) is 57.6 Å². The van der Waals surface area contributed by atoms with Crippen molar-refractivity contribution in [3.63, 3.8) is 0 Å². The quantitative estimate of drug-likeness (QED) is 0.737. The van der Waals surface area contributed by atoms with Crippen LogP contribution < -0.4 is 0 Å². The van der Waals surface area contributed by atoms with E-state index in [1.165, 1.54) is 6.42 Å². The van der Waals surface area contributed by atoms with Crippen LogP contribution in [0.25, 0.3) is 0 Å². The highest BCUT2D eigenvalue weighted by molar-refractivity contribution is 6.31. The predicted molar refractivity (Wildman–Crippen MR) is 108 cm³/mol. The van der Waals surface area contributed by atoms with Gasteiger partial charge in [0.15, 0.2) is 0 Å². The minimum atomic E-state index is -0.699. The van der Waals surface area contributed by atoms with Gasteiger partial charge in [0.05, 0.1) is 12.7 Å². The number of benzene rings is 1. The second kappa shape index (κ2) is 8.93. The van der Waals surface area contributed by atoms with Crippen LogP contribution in [0.15, 0.2) is 24.3 Å². The number of ether oxygens (including phenoxy) is 1. The Kier molecular flexibility index (Phi) is 6.83. The molecule has 2 saturated heterocycles. The first-order valence-electron chi connectivity index (χ1n) is 10.2. The van der Waals surface area contributed by atoms with E-state index < -0.39 is 5.97 Å². The zero-order chi connectivity index (χ0) is 19.4. The number of nitrogens with zero attached hydrogens (tertiary/aromatic N) is 1. The molecule has 5 heteroatoms. The van der Waals surface area contributed by atoms with Gasteiger partial charge in [-0.15, -0.1) is 0 Å². The largest absolute Gasteiger partial charge is 0.481 e. The van der Waals surface area contributed by atoms with Crippen molar-refractivity contribution in [1.29, 1.82) is 0 Å².